The SMILES string of the molecule is CC(C)(C)OC(=O)N(N)CC1CC1(F)F. The van der Waals surface area contributed by atoms with Gasteiger partial charge in [0.2, 0.25) is 0 Å². The number of hydrogen-bond acceptors (Lipinski definition) is 3. The minimum Gasteiger partial charge on any atom is -0.443 e. The van der Waals surface area contributed by atoms with E-state index in [9.17, 15) is 13.6 Å². The van der Waals surface area contributed by atoms with Gasteiger partial charge in [0.1, 0.15) is 5.60 Å². The molecule has 15 heavy (non-hydrogen) atoms. The highest BCUT2D eigenvalue weighted by atomic mass is 19.3. The van der Waals surface area contributed by atoms with Crippen LogP contribution in [-0.4, -0.2) is 29.2 Å². The molecule has 0 aromatic rings. The third-order valence-electron chi connectivity index (χ3n) is 2.00. The molecule has 1 fully saturated rings. The molecule has 1 atom stereocenters. The Labute approximate surface area is 87.3 Å². The van der Waals surface area contributed by atoms with Gasteiger partial charge in [-0.1, -0.05) is 0 Å². The van der Waals surface area contributed by atoms with Crippen molar-refractivity contribution in [3.8, 4) is 0 Å². The summed E-state index contributed by atoms with van der Waals surface area (Å²) in [7, 11) is 0. The normalized spacial score (nSPS) is 23.5. The average Bonchev–Trinajstić information content (AvgIpc) is 2.54. The highest BCUT2D eigenvalue weighted by molar-refractivity contribution is 5.67. The van der Waals surface area contributed by atoms with Gasteiger partial charge in [-0.2, -0.15) is 0 Å². The minimum absolute atomic E-state index is 0.165. The molecule has 0 aromatic heterocycles. The van der Waals surface area contributed by atoms with Crippen molar-refractivity contribution in [3.05, 3.63) is 0 Å². The lowest BCUT2D eigenvalue weighted by atomic mass is 10.2. The van der Waals surface area contributed by atoms with Gasteiger partial charge in [0.25, 0.3) is 5.92 Å². The predicted molar refractivity (Wildman–Crippen MR) is 50.2 cm³/mol. The predicted octanol–water partition coefficient (Wildman–Crippen LogP) is 1.75. The first kappa shape index (κ1) is 12.2. The molecule has 1 aliphatic rings. The van der Waals surface area contributed by atoms with E-state index in [1.807, 2.05) is 0 Å². The molecule has 1 aliphatic carbocycles. The van der Waals surface area contributed by atoms with Gasteiger partial charge < -0.3 is 4.74 Å². The van der Waals surface area contributed by atoms with Gasteiger partial charge in [-0.15, -0.1) is 0 Å². The van der Waals surface area contributed by atoms with E-state index < -0.39 is 23.5 Å². The summed E-state index contributed by atoms with van der Waals surface area (Å²) < 4.78 is 30.0. The van der Waals surface area contributed by atoms with E-state index in [2.05, 4.69) is 0 Å². The van der Waals surface area contributed by atoms with Gasteiger partial charge in [0.15, 0.2) is 0 Å². The van der Waals surface area contributed by atoms with Crippen molar-refractivity contribution < 1.29 is 18.3 Å². The number of nitrogens with zero attached hydrogens (tertiary/aromatic N) is 1. The monoisotopic (exact) mass is 222 g/mol. The second-order valence-corrected chi connectivity index (χ2v) is 4.79. The number of halogens is 2. The Balaban J connectivity index is 2.35. The molecular formula is C9H16F2N2O2. The van der Waals surface area contributed by atoms with Crippen molar-refractivity contribution in [1.82, 2.24) is 5.01 Å². The lowest BCUT2D eigenvalue weighted by Crippen LogP contribution is -2.43. The molecule has 88 valence electrons. The number of carbonyl (C=O) groups is 1. The van der Waals surface area contributed by atoms with E-state index in [1.165, 1.54) is 0 Å². The van der Waals surface area contributed by atoms with Crippen LogP contribution in [0.4, 0.5) is 13.6 Å². The van der Waals surface area contributed by atoms with E-state index in [-0.39, 0.29) is 13.0 Å². The topological polar surface area (TPSA) is 55.6 Å². The Morgan fingerprint density at radius 1 is 1.60 bits per heavy atom. The van der Waals surface area contributed by atoms with Gasteiger partial charge in [-0.25, -0.2) is 24.4 Å². The number of alkyl halides is 2. The van der Waals surface area contributed by atoms with E-state index >= 15 is 0 Å². The van der Waals surface area contributed by atoms with Crippen molar-refractivity contribution >= 4 is 6.09 Å². The van der Waals surface area contributed by atoms with Gasteiger partial charge in [-0.3, -0.25) is 0 Å². The van der Waals surface area contributed by atoms with E-state index in [4.69, 9.17) is 10.6 Å². The molecule has 1 saturated carbocycles. The van der Waals surface area contributed by atoms with Crippen LogP contribution in [-0.2, 0) is 4.74 Å². The fraction of sp³-hybridized carbons (Fsp3) is 0.889. The molecule has 0 heterocycles. The van der Waals surface area contributed by atoms with Gasteiger partial charge >= 0.3 is 6.09 Å². The molecule has 6 heteroatoms. The maximum absolute atomic E-state index is 12.5. The van der Waals surface area contributed by atoms with Crippen molar-refractivity contribution in [2.24, 2.45) is 11.8 Å². The molecule has 1 unspecified atom stereocenters. The second kappa shape index (κ2) is 3.59. The van der Waals surface area contributed by atoms with Crippen LogP contribution in [0.25, 0.3) is 0 Å². The van der Waals surface area contributed by atoms with Crippen LogP contribution in [0.5, 0.6) is 0 Å². The van der Waals surface area contributed by atoms with Crippen LogP contribution in [0.1, 0.15) is 27.2 Å². The summed E-state index contributed by atoms with van der Waals surface area (Å²) in [4.78, 5) is 11.3. The Bertz CT molecular complexity index is 263. The highest BCUT2D eigenvalue weighted by Gasteiger charge is 2.57. The Kier molecular flexibility index (Phi) is 2.91. The molecule has 0 radical (unpaired) electrons. The van der Waals surface area contributed by atoms with Crippen LogP contribution in [0, 0.1) is 5.92 Å². The van der Waals surface area contributed by atoms with Gasteiger partial charge in [-0.05, 0) is 20.8 Å². The molecule has 0 spiro atoms. The molecule has 2 N–H and O–H groups in total. The molecule has 1 amide bonds. The molecule has 4 nitrogen and oxygen atoms in total. The summed E-state index contributed by atoms with van der Waals surface area (Å²) in [6.45, 7) is 4.89. The summed E-state index contributed by atoms with van der Waals surface area (Å²) in [5.74, 6) is 1.82. The number of hydrogen-bond donors (Lipinski definition) is 1. The number of carbonyl (C=O) groups excluding carboxylic acids is 1. The van der Waals surface area contributed by atoms with Crippen LogP contribution in [0.2, 0.25) is 0 Å². The summed E-state index contributed by atoms with van der Waals surface area (Å²) in [5, 5.41) is 0.705. The van der Waals surface area contributed by atoms with E-state index in [0.29, 0.717) is 5.01 Å². The summed E-state index contributed by atoms with van der Waals surface area (Å²) in [6, 6.07) is 0. The summed E-state index contributed by atoms with van der Waals surface area (Å²) in [6.07, 6.45) is -0.978. The Hall–Kier alpha value is -0.910. The standard InChI is InChI=1S/C9H16F2N2O2/c1-8(2,3)15-7(14)13(12)5-6-4-9(6,10)11/h6H,4-5,12H2,1-3H3. The Morgan fingerprint density at radius 2 is 2.07 bits per heavy atom. The fourth-order valence-electron chi connectivity index (χ4n) is 1.10. The van der Waals surface area contributed by atoms with Crippen molar-refractivity contribution in [2.75, 3.05) is 6.54 Å². The number of rotatable bonds is 2. The average molecular weight is 222 g/mol. The van der Waals surface area contributed by atoms with Gasteiger partial charge in [0.05, 0.1) is 0 Å². The van der Waals surface area contributed by atoms with Crippen molar-refractivity contribution in [1.29, 1.82) is 0 Å². The number of nitrogens with two attached hydrogens (primary N) is 1. The highest BCUT2D eigenvalue weighted by Crippen LogP contribution is 2.48. The molecule has 0 bridgehead atoms. The van der Waals surface area contributed by atoms with E-state index in [0.717, 1.165) is 0 Å². The van der Waals surface area contributed by atoms with Crippen LogP contribution in [0.3, 0.4) is 0 Å². The quantitative estimate of drug-likeness (QED) is 0.440. The molecular weight excluding hydrogens is 206 g/mol. The van der Waals surface area contributed by atoms with Crippen LogP contribution < -0.4 is 5.84 Å². The molecule has 0 saturated heterocycles. The number of amides is 1. The maximum Gasteiger partial charge on any atom is 0.424 e. The zero-order chi connectivity index (χ0) is 11.9. The smallest absolute Gasteiger partial charge is 0.424 e. The second-order valence-electron chi connectivity index (χ2n) is 4.79. The summed E-state index contributed by atoms with van der Waals surface area (Å²) >= 11 is 0. The first-order chi connectivity index (χ1) is 6.62. The molecule has 0 aliphatic heterocycles. The van der Waals surface area contributed by atoms with Gasteiger partial charge in [0, 0.05) is 18.9 Å². The van der Waals surface area contributed by atoms with Crippen LogP contribution in [0.15, 0.2) is 0 Å². The largest absolute Gasteiger partial charge is 0.443 e. The number of hydrazine groups is 1. The molecule has 1 rings (SSSR count). The zero-order valence-corrected chi connectivity index (χ0v) is 9.09. The first-order valence-electron chi connectivity index (χ1n) is 4.75. The maximum atomic E-state index is 12.5. The molecule has 0 aromatic carbocycles. The lowest BCUT2D eigenvalue weighted by molar-refractivity contribution is 0.0198. The van der Waals surface area contributed by atoms with E-state index in [1.54, 1.807) is 20.8 Å². The Morgan fingerprint density at radius 3 is 2.40 bits per heavy atom. The lowest BCUT2D eigenvalue weighted by Gasteiger charge is -2.24. The number of ether oxygens (including phenoxy) is 1. The summed E-state index contributed by atoms with van der Waals surface area (Å²) in [5.41, 5.74) is -0.666. The minimum atomic E-state index is -2.67. The fourth-order valence-corrected chi connectivity index (χ4v) is 1.10. The van der Waals surface area contributed by atoms with Crippen LogP contribution >= 0.6 is 0 Å². The third-order valence-corrected chi connectivity index (χ3v) is 2.00. The first-order valence-corrected chi connectivity index (χ1v) is 4.75. The van der Waals surface area contributed by atoms with Crippen molar-refractivity contribution in [3.63, 3.8) is 0 Å². The third kappa shape index (κ3) is 3.62. The zero-order valence-electron chi connectivity index (χ0n) is 9.09. The van der Waals surface area contributed by atoms with Crippen molar-refractivity contribution in [2.45, 2.75) is 38.7 Å².